The first-order valence-electron chi connectivity index (χ1n) is 15.2. The Morgan fingerprint density at radius 1 is 1.16 bits per heavy atom. The highest BCUT2D eigenvalue weighted by Gasteiger charge is 2.55. The van der Waals surface area contributed by atoms with Gasteiger partial charge in [0.25, 0.3) is 0 Å². The number of nitrogens with zero attached hydrogens (tertiary/aromatic N) is 5. The second-order valence-electron chi connectivity index (χ2n) is 13.2. The van der Waals surface area contributed by atoms with Crippen LogP contribution in [0.2, 0.25) is 5.02 Å². The third kappa shape index (κ3) is 5.44. The lowest BCUT2D eigenvalue weighted by Gasteiger charge is -2.42. The zero-order chi connectivity index (χ0) is 31.0. The molecule has 2 aliphatic carbocycles. The summed E-state index contributed by atoms with van der Waals surface area (Å²) < 4.78 is 54.7. The number of hydrogen-bond acceptors (Lipinski definition) is 7. The van der Waals surface area contributed by atoms with Crippen LogP contribution in [0.25, 0.3) is 22.1 Å². The van der Waals surface area contributed by atoms with Gasteiger partial charge in [-0.05, 0) is 77.1 Å². The first kappa shape index (κ1) is 29.8. The molecular weight excluding hydrogens is 595 g/mol. The number of halogens is 4. The van der Waals surface area contributed by atoms with Gasteiger partial charge in [0.15, 0.2) is 5.79 Å². The first-order chi connectivity index (χ1) is 20.9. The summed E-state index contributed by atoms with van der Waals surface area (Å²) in [7, 11) is 2.21. The second kappa shape index (κ2) is 10.9. The molecule has 9 nitrogen and oxygen atoms in total. The number of nitrogens with one attached hydrogen (secondary N) is 1. The summed E-state index contributed by atoms with van der Waals surface area (Å²) in [4.78, 5) is 18.7. The van der Waals surface area contributed by atoms with Crippen LogP contribution in [-0.2, 0) is 22.1 Å². The molecule has 13 heteroatoms. The summed E-state index contributed by atoms with van der Waals surface area (Å²) >= 11 is 5.86. The summed E-state index contributed by atoms with van der Waals surface area (Å²) in [6.45, 7) is 4.88. The SMILES string of the molecule is CN(C[C@H]1C[C@@H](n2ccc3c(N)ncnc32)[C@@H]2OC(C)(C)O[C@H]12)[C@H]1C[C@@H](CCCc2nc3cc(C(F)(F)F)c(Cl)cc3[nH]2)C1. The number of nitrogens with two attached hydrogens (primary N) is 1. The predicted octanol–water partition coefficient (Wildman–Crippen LogP) is 6.38. The van der Waals surface area contributed by atoms with Gasteiger partial charge in [0, 0.05) is 31.1 Å². The number of aromatic nitrogens is 5. The number of rotatable bonds is 8. The zero-order valence-electron chi connectivity index (χ0n) is 24.9. The summed E-state index contributed by atoms with van der Waals surface area (Å²) in [5.74, 6) is 1.47. The first-order valence-corrected chi connectivity index (χ1v) is 15.6. The minimum atomic E-state index is -4.50. The number of benzene rings is 1. The van der Waals surface area contributed by atoms with Crippen LogP contribution in [0.5, 0.6) is 0 Å². The van der Waals surface area contributed by atoms with E-state index in [9.17, 15) is 13.2 Å². The van der Waals surface area contributed by atoms with E-state index in [0.717, 1.165) is 55.7 Å². The van der Waals surface area contributed by atoms with E-state index in [-0.39, 0.29) is 23.3 Å². The Hall–Kier alpha value is -2.93. The Kier molecular flexibility index (Phi) is 7.34. The van der Waals surface area contributed by atoms with E-state index in [1.54, 1.807) is 0 Å². The molecule has 1 aliphatic heterocycles. The summed E-state index contributed by atoms with van der Waals surface area (Å²) in [5, 5.41) is 0.533. The Labute approximate surface area is 258 Å². The van der Waals surface area contributed by atoms with Crippen molar-refractivity contribution in [2.45, 2.75) is 88.6 Å². The molecule has 3 aliphatic rings. The van der Waals surface area contributed by atoms with Crippen LogP contribution in [0.15, 0.2) is 30.7 Å². The molecule has 4 aromatic rings. The number of imidazole rings is 1. The van der Waals surface area contributed by atoms with Crippen LogP contribution in [0.3, 0.4) is 0 Å². The van der Waals surface area contributed by atoms with Crippen LogP contribution in [0, 0.1) is 11.8 Å². The third-order valence-electron chi connectivity index (χ3n) is 9.76. The topological polar surface area (TPSA) is 107 Å². The van der Waals surface area contributed by atoms with Gasteiger partial charge in [0.2, 0.25) is 0 Å². The summed E-state index contributed by atoms with van der Waals surface area (Å²) in [5.41, 5.74) is 6.90. The fraction of sp³-hybridized carbons (Fsp3) is 0.581. The van der Waals surface area contributed by atoms with E-state index in [1.165, 1.54) is 12.4 Å². The molecule has 3 fully saturated rings. The molecule has 236 valence electrons. The van der Waals surface area contributed by atoms with E-state index in [0.29, 0.717) is 47.0 Å². The van der Waals surface area contributed by atoms with Crippen molar-refractivity contribution in [3.05, 3.63) is 47.1 Å². The van der Waals surface area contributed by atoms with Crippen molar-refractivity contribution in [3.8, 4) is 0 Å². The number of aromatic amines is 1. The molecule has 1 saturated heterocycles. The highest BCUT2D eigenvalue weighted by Crippen LogP contribution is 2.48. The maximum Gasteiger partial charge on any atom is 0.417 e. The fourth-order valence-electron chi connectivity index (χ4n) is 7.56. The minimum absolute atomic E-state index is 0.00383. The number of alkyl halides is 3. The molecule has 0 radical (unpaired) electrons. The number of ether oxygens (including phenoxy) is 2. The van der Waals surface area contributed by atoms with Gasteiger partial charge in [-0.3, -0.25) is 0 Å². The normalized spacial score (nSPS) is 28.3. The van der Waals surface area contributed by atoms with Crippen molar-refractivity contribution in [3.63, 3.8) is 0 Å². The molecule has 2 saturated carbocycles. The lowest BCUT2D eigenvalue weighted by Crippen LogP contribution is -2.45. The van der Waals surface area contributed by atoms with E-state index < -0.39 is 17.5 Å². The van der Waals surface area contributed by atoms with E-state index >= 15 is 0 Å². The van der Waals surface area contributed by atoms with Crippen molar-refractivity contribution in [1.82, 2.24) is 29.4 Å². The van der Waals surface area contributed by atoms with Crippen molar-refractivity contribution < 1.29 is 22.6 Å². The summed E-state index contributed by atoms with van der Waals surface area (Å²) in [6, 6.07) is 4.92. The Bertz CT molecular complexity index is 1680. The van der Waals surface area contributed by atoms with Gasteiger partial charge >= 0.3 is 6.18 Å². The maximum atomic E-state index is 13.2. The van der Waals surface area contributed by atoms with Crippen LogP contribution in [0.4, 0.5) is 19.0 Å². The van der Waals surface area contributed by atoms with E-state index in [2.05, 4.69) is 36.5 Å². The minimum Gasteiger partial charge on any atom is -0.383 e. The second-order valence-corrected chi connectivity index (χ2v) is 13.6. The molecule has 44 heavy (non-hydrogen) atoms. The standard InChI is InChI=1S/C31H37ClF3N7O2/c1-30(2)43-26-17(11-24(27(26)44-30)42-8-7-19-28(36)37-15-38-29(19)42)14-41(3)18-9-16(10-18)5-4-6-25-39-22-12-20(31(33,34)35)21(32)13-23(22)40-25/h7-8,12-13,15-18,24,26-27H,4-6,9-11,14H2,1-3H3,(H,39,40)(H2,36,37,38)/t16-,17-,18+,24-,26-,27+/m1/s1. The number of hydrogen-bond donors (Lipinski definition) is 2. The van der Waals surface area contributed by atoms with Gasteiger partial charge in [-0.2, -0.15) is 13.2 Å². The van der Waals surface area contributed by atoms with Crippen molar-refractivity contribution >= 4 is 39.5 Å². The average Bonchev–Trinajstić information content (AvgIpc) is 3.66. The smallest absolute Gasteiger partial charge is 0.383 e. The van der Waals surface area contributed by atoms with E-state index in [4.69, 9.17) is 26.8 Å². The third-order valence-corrected chi connectivity index (χ3v) is 10.1. The van der Waals surface area contributed by atoms with Gasteiger partial charge in [-0.25, -0.2) is 15.0 Å². The van der Waals surface area contributed by atoms with E-state index in [1.807, 2.05) is 26.1 Å². The molecule has 3 aromatic heterocycles. The molecular formula is C31H37ClF3N7O2. The number of nitrogen functional groups attached to an aromatic ring is 1. The summed E-state index contributed by atoms with van der Waals surface area (Å²) in [6.07, 6.45) is 4.83. The van der Waals surface area contributed by atoms with Crippen molar-refractivity contribution in [2.75, 3.05) is 19.3 Å². The maximum absolute atomic E-state index is 13.2. The molecule has 3 N–H and O–H groups in total. The molecule has 0 unspecified atom stereocenters. The number of anilines is 1. The Balaban J connectivity index is 0.934. The largest absolute Gasteiger partial charge is 0.417 e. The lowest BCUT2D eigenvalue weighted by atomic mass is 9.76. The predicted molar refractivity (Wildman–Crippen MR) is 161 cm³/mol. The monoisotopic (exact) mass is 631 g/mol. The molecule has 7 rings (SSSR count). The zero-order valence-corrected chi connectivity index (χ0v) is 25.7. The number of fused-ring (bicyclic) bond motifs is 3. The Morgan fingerprint density at radius 3 is 2.70 bits per heavy atom. The highest BCUT2D eigenvalue weighted by atomic mass is 35.5. The highest BCUT2D eigenvalue weighted by molar-refractivity contribution is 6.32. The van der Waals surface area contributed by atoms with Crippen LogP contribution in [-0.4, -0.2) is 67.0 Å². The Morgan fingerprint density at radius 2 is 1.93 bits per heavy atom. The fourth-order valence-corrected chi connectivity index (χ4v) is 7.83. The van der Waals surface area contributed by atoms with Crippen LogP contribution in [0.1, 0.15) is 63.4 Å². The lowest BCUT2D eigenvalue weighted by molar-refractivity contribution is -0.161. The quantitative estimate of drug-likeness (QED) is 0.232. The van der Waals surface area contributed by atoms with Gasteiger partial charge in [-0.15, -0.1) is 0 Å². The molecule has 0 bridgehead atoms. The molecule has 4 heterocycles. The molecule has 4 atom stereocenters. The van der Waals surface area contributed by atoms with Gasteiger partial charge in [-0.1, -0.05) is 11.6 Å². The van der Waals surface area contributed by atoms with Gasteiger partial charge in [0.1, 0.15) is 29.7 Å². The van der Waals surface area contributed by atoms with Crippen molar-refractivity contribution in [1.29, 1.82) is 0 Å². The molecule has 0 amide bonds. The number of aryl methyl sites for hydroxylation is 1. The average molecular weight is 632 g/mol. The van der Waals surface area contributed by atoms with Crippen molar-refractivity contribution in [2.24, 2.45) is 11.8 Å². The van der Waals surface area contributed by atoms with Gasteiger partial charge < -0.3 is 29.7 Å². The van der Waals surface area contributed by atoms with Gasteiger partial charge in [0.05, 0.1) is 39.2 Å². The van der Waals surface area contributed by atoms with Crippen LogP contribution >= 0.6 is 11.6 Å². The molecule has 1 aromatic carbocycles. The molecule has 0 spiro atoms. The van der Waals surface area contributed by atoms with Crippen LogP contribution < -0.4 is 5.73 Å². The number of H-pyrrole nitrogens is 1.